The van der Waals surface area contributed by atoms with Crippen molar-refractivity contribution in [1.82, 2.24) is 4.90 Å². The highest BCUT2D eigenvalue weighted by Gasteiger charge is 2.17. The average Bonchev–Trinajstić information content (AvgIpc) is 2.28. The molecule has 0 fully saturated rings. The number of nitrogens with two attached hydrogens (primary N) is 1. The first-order chi connectivity index (χ1) is 8.32. The summed E-state index contributed by atoms with van der Waals surface area (Å²) in [6.45, 7) is 2.32. The fourth-order valence-corrected chi connectivity index (χ4v) is 2.07. The molecule has 1 unspecified atom stereocenters. The molecular formula is C12H16Cl2N2O2. The maximum Gasteiger partial charge on any atom is 0.218 e. The first-order valence-electron chi connectivity index (χ1n) is 5.47. The first-order valence-corrected chi connectivity index (χ1v) is 6.23. The fourth-order valence-electron chi connectivity index (χ4n) is 1.58. The number of hydrogen-bond acceptors (Lipinski definition) is 3. The summed E-state index contributed by atoms with van der Waals surface area (Å²) in [5.74, 6) is -0.366. The second-order valence-electron chi connectivity index (χ2n) is 4.29. The maximum absolute atomic E-state index is 10.9. The van der Waals surface area contributed by atoms with Crippen LogP contribution in [0, 0.1) is 0 Å². The largest absolute Gasteiger partial charge is 0.506 e. The van der Waals surface area contributed by atoms with E-state index in [0.717, 1.165) is 0 Å². The Morgan fingerprint density at radius 1 is 1.50 bits per heavy atom. The lowest BCUT2D eigenvalue weighted by Crippen LogP contribution is -2.32. The molecule has 0 aliphatic carbocycles. The molecule has 0 aromatic heterocycles. The standard InChI is InChI=1S/C12H16Cl2N2O2/c1-7(5-11(15)18)16(2)6-8-9(13)3-4-10(17)12(8)14/h3-4,7,17H,5-6H2,1-2H3,(H2,15,18). The minimum Gasteiger partial charge on any atom is -0.506 e. The summed E-state index contributed by atoms with van der Waals surface area (Å²) in [5.41, 5.74) is 5.79. The number of benzene rings is 1. The predicted molar refractivity (Wildman–Crippen MR) is 72.9 cm³/mol. The highest BCUT2D eigenvalue weighted by molar-refractivity contribution is 6.36. The summed E-state index contributed by atoms with van der Waals surface area (Å²) in [5, 5.41) is 10.3. The Morgan fingerprint density at radius 2 is 2.11 bits per heavy atom. The van der Waals surface area contributed by atoms with E-state index < -0.39 is 0 Å². The van der Waals surface area contributed by atoms with Crippen molar-refractivity contribution in [1.29, 1.82) is 0 Å². The summed E-state index contributed by atoms with van der Waals surface area (Å²) in [6.07, 6.45) is 0.255. The van der Waals surface area contributed by atoms with E-state index in [9.17, 15) is 9.90 Å². The number of carbonyl (C=O) groups excluding carboxylic acids is 1. The van der Waals surface area contributed by atoms with Crippen LogP contribution in [0.3, 0.4) is 0 Å². The van der Waals surface area contributed by atoms with Gasteiger partial charge in [-0.05, 0) is 26.1 Å². The minimum absolute atomic E-state index is 0.00739. The number of carbonyl (C=O) groups is 1. The summed E-state index contributed by atoms with van der Waals surface area (Å²) in [4.78, 5) is 12.8. The molecular weight excluding hydrogens is 275 g/mol. The number of halogens is 2. The van der Waals surface area contributed by atoms with E-state index in [0.29, 0.717) is 17.1 Å². The molecule has 0 heterocycles. The fraction of sp³-hybridized carbons (Fsp3) is 0.417. The molecule has 0 saturated carbocycles. The second kappa shape index (κ2) is 6.27. The van der Waals surface area contributed by atoms with Crippen molar-refractivity contribution in [3.8, 4) is 5.75 Å². The van der Waals surface area contributed by atoms with E-state index in [4.69, 9.17) is 28.9 Å². The number of phenols is 1. The van der Waals surface area contributed by atoms with Crippen LogP contribution in [0.1, 0.15) is 18.9 Å². The number of rotatable bonds is 5. The minimum atomic E-state index is -0.359. The average molecular weight is 291 g/mol. The van der Waals surface area contributed by atoms with Crippen LogP contribution in [0.5, 0.6) is 5.75 Å². The Balaban J connectivity index is 2.84. The molecule has 1 aromatic carbocycles. The molecule has 0 aliphatic heterocycles. The van der Waals surface area contributed by atoms with Crippen LogP contribution in [0.2, 0.25) is 10.0 Å². The number of hydrogen-bond donors (Lipinski definition) is 2. The van der Waals surface area contributed by atoms with Gasteiger partial charge in [-0.15, -0.1) is 0 Å². The highest BCUT2D eigenvalue weighted by Crippen LogP contribution is 2.33. The molecule has 0 spiro atoms. The van der Waals surface area contributed by atoms with Gasteiger partial charge in [0, 0.05) is 29.6 Å². The van der Waals surface area contributed by atoms with Crippen LogP contribution in [-0.4, -0.2) is 29.0 Å². The van der Waals surface area contributed by atoms with E-state index in [1.54, 1.807) is 6.07 Å². The van der Waals surface area contributed by atoms with Gasteiger partial charge in [0.1, 0.15) is 5.75 Å². The Bertz CT molecular complexity index is 452. The SMILES string of the molecule is CC(CC(N)=O)N(C)Cc1c(Cl)ccc(O)c1Cl. The molecule has 1 aromatic rings. The van der Waals surface area contributed by atoms with E-state index in [2.05, 4.69) is 0 Å². The van der Waals surface area contributed by atoms with Gasteiger partial charge in [0.15, 0.2) is 0 Å². The van der Waals surface area contributed by atoms with Gasteiger partial charge >= 0.3 is 0 Å². The van der Waals surface area contributed by atoms with Gasteiger partial charge < -0.3 is 10.8 Å². The number of aromatic hydroxyl groups is 1. The zero-order chi connectivity index (χ0) is 13.9. The van der Waals surface area contributed by atoms with Crippen LogP contribution in [0.25, 0.3) is 0 Å². The monoisotopic (exact) mass is 290 g/mol. The lowest BCUT2D eigenvalue weighted by atomic mass is 10.1. The number of amides is 1. The van der Waals surface area contributed by atoms with E-state index in [1.165, 1.54) is 6.07 Å². The van der Waals surface area contributed by atoms with Crippen molar-refractivity contribution in [2.45, 2.75) is 25.9 Å². The zero-order valence-corrected chi connectivity index (χ0v) is 11.8. The van der Waals surface area contributed by atoms with Gasteiger partial charge in [-0.3, -0.25) is 9.69 Å². The van der Waals surface area contributed by atoms with Crippen molar-refractivity contribution < 1.29 is 9.90 Å². The molecule has 1 atom stereocenters. The second-order valence-corrected chi connectivity index (χ2v) is 5.08. The van der Waals surface area contributed by atoms with Crippen molar-refractivity contribution in [2.24, 2.45) is 5.73 Å². The number of phenolic OH excluding ortho intramolecular Hbond substituents is 1. The summed E-state index contributed by atoms with van der Waals surface area (Å²) in [7, 11) is 1.84. The van der Waals surface area contributed by atoms with Crippen molar-refractivity contribution in [3.05, 3.63) is 27.7 Å². The first kappa shape index (κ1) is 15.1. The molecule has 4 nitrogen and oxygen atoms in total. The van der Waals surface area contributed by atoms with Crippen molar-refractivity contribution in [2.75, 3.05) is 7.05 Å². The van der Waals surface area contributed by atoms with E-state index in [1.807, 2.05) is 18.9 Å². The van der Waals surface area contributed by atoms with Gasteiger partial charge in [-0.1, -0.05) is 23.2 Å². The van der Waals surface area contributed by atoms with Crippen molar-refractivity contribution in [3.63, 3.8) is 0 Å². The van der Waals surface area contributed by atoms with E-state index >= 15 is 0 Å². The Labute approximate surface area is 116 Å². The van der Waals surface area contributed by atoms with E-state index in [-0.39, 0.29) is 29.1 Å². The lowest BCUT2D eigenvalue weighted by molar-refractivity contribution is -0.119. The number of primary amides is 1. The normalized spacial score (nSPS) is 12.7. The third kappa shape index (κ3) is 3.77. The quantitative estimate of drug-likeness (QED) is 0.875. The summed E-state index contributed by atoms with van der Waals surface area (Å²) >= 11 is 12.0. The number of nitrogens with zero attached hydrogens (tertiary/aromatic N) is 1. The van der Waals surface area contributed by atoms with Crippen molar-refractivity contribution >= 4 is 29.1 Å². The molecule has 6 heteroatoms. The van der Waals surface area contributed by atoms with Crippen LogP contribution in [0.15, 0.2) is 12.1 Å². The molecule has 1 rings (SSSR count). The topological polar surface area (TPSA) is 66.6 Å². The van der Waals surface area contributed by atoms with Gasteiger partial charge in [0.25, 0.3) is 0 Å². The molecule has 18 heavy (non-hydrogen) atoms. The summed E-state index contributed by atoms with van der Waals surface area (Å²) in [6, 6.07) is 3.00. The molecule has 0 saturated heterocycles. The van der Waals surface area contributed by atoms with Gasteiger partial charge in [-0.25, -0.2) is 0 Å². The summed E-state index contributed by atoms with van der Waals surface area (Å²) < 4.78 is 0. The zero-order valence-electron chi connectivity index (χ0n) is 10.3. The van der Waals surface area contributed by atoms with Crippen LogP contribution >= 0.6 is 23.2 Å². The molecule has 3 N–H and O–H groups in total. The maximum atomic E-state index is 10.9. The Kier molecular flexibility index (Phi) is 5.26. The van der Waals surface area contributed by atoms with Crippen LogP contribution in [-0.2, 0) is 11.3 Å². The van der Waals surface area contributed by atoms with Gasteiger partial charge in [0.05, 0.1) is 5.02 Å². The molecule has 0 aliphatic rings. The molecule has 100 valence electrons. The molecule has 0 bridgehead atoms. The third-order valence-electron chi connectivity index (χ3n) is 2.82. The molecule has 0 radical (unpaired) electrons. The van der Waals surface area contributed by atoms with Gasteiger partial charge in [-0.2, -0.15) is 0 Å². The Hall–Kier alpha value is -0.970. The highest BCUT2D eigenvalue weighted by atomic mass is 35.5. The van der Waals surface area contributed by atoms with Crippen LogP contribution in [0.4, 0.5) is 0 Å². The lowest BCUT2D eigenvalue weighted by Gasteiger charge is -2.24. The van der Waals surface area contributed by atoms with Crippen LogP contribution < -0.4 is 5.73 Å². The third-order valence-corrected chi connectivity index (χ3v) is 3.60. The molecule has 1 amide bonds. The predicted octanol–water partition coefficient (Wildman–Crippen LogP) is 2.39. The van der Waals surface area contributed by atoms with Gasteiger partial charge in [0.2, 0.25) is 5.91 Å². The smallest absolute Gasteiger partial charge is 0.218 e. The Morgan fingerprint density at radius 3 is 2.67 bits per heavy atom.